The predicted octanol–water partition coefficient (Wildman–Crippen LogP) is 2.71. The van der Waals surface area contributed by atoms with Crippen LogP contribution < -0.4 is 15.1 Å². The van der Waals surface area contributed by atoms with Gasteiger partial charge in [-0.05, 0) is 48.4 Å². The number of sulfonamides is 1. The maximum absolute atomic E-state index is 12.6. The number of anilines is 1. The van der Waals surface area contributed by atoms with Crippen molar-refractivity contribution in [2.45, 2.75) is 18.7 Å². The smallest absolute Gasteiger partial charge is 0.328 e. The molecule has 0 saturated heterocycles. The number of hydrogen-bond donors (Lipinski definition) is 1. The van der Waals surface area contributed by atoms with Crippen molar-refractivity contribution in [2.24, 2.45) is 20.0 Å². The second-order valence-corrected chi connectivity index (χ2v) is 8.57. The largest absolute Gasteiger partial charge is 0.493 e. The Morgan fingerprint density at radius 1 is 1.00 bits per heavy atom. The molecule has 0 unspecified atom stereocenters. The van der Waals surface area contributed by atoms with Crippen molar-refractivity contribution < 1.29 is 13.2 Å². The zero-order valence-corrected chi connectivity index (χ0v) is 16.6. The normalized spacial score (nSPS) is 11.9. The van der Waals surface area contributed by atoms with Gasteiger partial charge in [-0.1, -0.05) is 13.8 Å². The minimum Gasteiger partial charge on any atom is -0.493 e. The van der Waals surface area contributed by atoms with Crippen LogP contribution in [0.4, 0.5) is 5.69 Å². The van der Waals surface area contributed by atoms with Crippen molar-refractivity contribution >= 4 is 26.7 Å². The van der Waals surface area contributed by atoms with Gasteiger partial charge in [-0.3, -0.25) is 13.9 Å². The molecular weight excluding hydrogens is 366 g/mol. The van der Waals surface area contributed by atoms with Crippen LogP contribution in [0.15, 0.2) is 52.2 Å². The van der Waals surface area contributed by atoms with Gasteiger partial charge in [-0.15, -0.1) is 0 Å². The molecule has 3 aromatic rings. The van der Waals surface area contributed by atoms with E-state index in [0.717, 1.165) is 5.52 Å². The lowest BCUT2D eigenvalue weighted by molar-refractivity contribution is 0.271. The van der Waals surface area contributed by atoms with Crippen LogP contribution in [0.2, 0.25) is 0 Å². The number of ether oxygens (including phenoxy) is 1. The molecule has 1 aromatic heterocycles. The van der Waals surface area contributed by atoms with Gasteiger partial charge >= 0.3 is 5.69 Å². The first-order valence-corrected chi connectivity index (χ1v) is 10.1. The number of aromatic nitrogens is 2. The zero-order valence-electron chi connectivity index (χ0n) is 15.8. The van der Waals surface area contributed by atoms with Crippen LogP contribution in [0, 0.1) is 5.92 Å². The first kappa shape index (κ1) is 19.0. The number of nitrogens with one attached hydrogen (secondary N) is 1. The van der Waals surface area contributed by atoms with Gasteiger partial charge in [0, 0.05) is 14.1 Å². The van der Waals surface area contributed by atoms with Crippen molar-refractivity contribution in [1.29, 1.82) is 0 Å². The summed E-state index contributed by atoms with van der Waals surface area (Å²) in [5.41, 5.74) is 1.61. The molecule has 0 saturated carbocycles. The lowest BCUT2D eigenvalue weighted by atomic mass is 10.2. The van der Waals surface area contributed by atoms with Crippen molar-refractivity contribution in [3.05, 3.63) is 52.9 Å². The summed E-state index contributed by atoms with van der Waals surface area (Å²) < 4.78 is 36.4. The van der Waals surface area contributed by atoms with Crippen LogP contribution in [-0.2, 0) is 24.1 Å². The molecule has 0 spiro atoms. The molecule has 0 amide bonds. The number of aryl methyl sites for hydroxylation is 2. The molecule has 3 rings (SSSR count). The minimum atomic E-state index is -3.75. The molecule has 144 valence electrons. The Morgan fingerprint density at radius 2 is 1.63 bits per heavy atom. The number of benzene rings is 2. The average molecular weight is 389 g/mol. The van der Waals surface area contributed by atoms with Crippen LogP contribution in [0.25, 0.3) is 11.0 Å². The van der Waals surface area contributed by atoms with E-state index < -0.39 is 10.0 Å². The third-order valence-corrected chi connectivity index (χ3v) is 5.64. The Labute approximate surface area is 158 Å². The Hall–Kier alpha value is -2.74. The molecule has 7 nitrogen and oxygen atoms in total. The monoisotopic (exact) mass is 389 g/mol. The molecule has 27 heavy (non-hydrogen) atoms. The molecule has 0 bridgehead atoms. The summed E-state index contributed by atoms with van der Waals surface area (Å²) in [5, 5.41) is 0. The number of nitrogens with zero attached hydrogens (tertiary/aromatic N) is 2. The van der Waals surface area contributed by atoms with Gasteiger partial charge < -0.3 is 4.74 Å². The Balaban J connectivity index is 1.85. The molecule has 0 atom stereocenters. The van der Waals surface area contributed by atoms with Gasteiger partial charge in [0.05, 0.1) is 28.2 Å². The number of imidazole rings is 1. The Kier molecular flexibility index (Phi) is 5.01. The third kappa shape index (κ3) is 3.85. The summed E-state index contributed by atoms with van der Waals surface area (Å²) in [4.78, 5) is 12.1. The van der Waals surface area contributed by atoms with Crippen molar-refractivity contribution in [3.8, 4) is 5.75 Å². The number of fused-ring (bicyclic) bond motifs is 1. The molecule has 0 aliphatic rings. The SMILES string of the molecule is CC(C)COc1ccc(S(=O)(=O)Nc2ccc3c(c2)n(C)c(=O)n3C)cc1. The van der Waals surface area contributed by atoms with E-state index in [4.69, 9.17) is 4.74 Å². The lowest BCUT2D eigenvalue weighted by Gasteiger charge is -2.11. The summed E-state index contributed by atoms with van der Waals surface area (Å²) in [7, 11) is -0.416. The lowest BCUT2D eigenvalue weighted by Crippen LogP contribution is -2.19. The van der Waals surface area contributed by atoms with Crippen LogP contribution in [-0.4, -0.2) is 24.2 Å². The first-order valence-electron chi connectivity index (χ1n) is 8.60. The van der Waals surface area contributed by atoms with E-state index in [2.05, 4.69) is 4.72 Å². The topological polar surface area (TPSA) is 82.3 Å². The summed E-state index contributed by atoms with van der Waals surface area (Å²) in [5.74, 6) is 1.02. The van der Waals surface area contributed by atoms with E-state index in [-0.39, 0.29) is 10.6 Å². The molecule has 0 aliphatic carbocycles. The van der Waals surface area contributed by atoms with Crippen molar-refractivity contribution in [3.63, 3.8) is 0 Å². The van der Waals surface area contributed by atoms with Crippen molar-refractivity contribution in [2.75, 3.05) is 11.3 Å². The molecule has 0 radical (unpaired) electrons. The Bertz CT molecular complexity index is 1130. The summed E-state index contributed by atoms with van der Waals surface area (Å²) in [6, 6.07) is 11.3. The maximum Gasteiger partial charge on any atom is 0.328 e. The van der Waals surface area contributed by atoms with E-state index in [1.54, 1.807) is 44.4 Å². The van der Waals surface area contributed by atoms with Gasteiger partial charge in [-0.25, -0.2) is 13.2 Å². The van der Waals surface area contributed by atoms with E-state index in [0.29, 0.717) is 29.5 Å². The molecule has 8 heteroatoms. The highest BCUT2D eigenvalue weighted by molar-refractivity contribution is 7.92. The van der Waals surface area contributed by atoms with Crippen LogP contribution >= 0.6 is 0 Å². The molecule has 1 heterocycles. The van der Waals surface area contributed by atoms with Gasteiger partial charge in [-0.2, -0.15) is 0 Å². The second kappa shape index (κ2) is 7.11. The number of hydrogen-bond acceptors (Lipinski definition) is 4. The van der Waals surface area contributed by atoms with E-state index in [9.17, 15) is 13.2 Å². The second-order valence-electron chi connectivity index (χ2n) is 6.89. The summed E-state index contributed by atoms with van der Waals surface area (Å²) in [6.45, 7) is 4.66. The Morgan fingerprint density at radius 3 is 2.26 bits per heavy atom. The van der Waals surface area contributed by atoms with Gasteiger partial charge in [0.15, 0.2) is 0 Å². The van der Waals surface area contributed by atoms with E-state index >= 15 is 0 Å². The molecule has 0 fully saturated rings. The van der Waals surface area contributed by atoms with Gasteiger partial charge in [0.25, 0.3) is 10.0 Å². The standard InChI is InChI=1S/C19H23N3O4S/c1-13(2)12-26-15-6-8-16(9-7-15)27(24,25)20-14-5-10-17-18(11-14)22(4)19(23)21(17)3/h5-11,13,20H,12H2,1-4H3. The first-order chi connectivity index (χ1) is 12.7. The minimum absolute atomic E-state index is 0.140. The van der Waals surface area contributed by atoms with Gasteiger partial charge in [0.2, 0.25) is 0 Å². The summed E-state index contributed by atoms with van der Waals surface area (Å²) >= 11 is 0. The van der Waals surface area contributed by atoms with Crippen LogP contribution in [0.5, 0.6) is 5.75 Å². The molecule has 2 aromatic carbocycles. The van der Waals surface area contributed by atoms with Gasteiger partial charge in [0.1, 0.15) is 5.75 Å². The fourth-order valence-corrected chi connectivity index (χ4v) is 3.81. The quantitative estimate of drug-likeness (QED) is 0.703. The fraction of sp³-hybridized carbons (Fsp3) is 0.316. The average Bonchev–Trinajstić information content (AvgIpc) is 2.84. The van der Waals surface area contributed by atoms with E-state index in [1.165, 1.54) is 21.3 Å². The van der Waals surface area contributed by atoms with Crippen molar-refractivity contribution in [1.82, 2.24) is 9.13 Å². The van der Waals surface area contributed by atoms with E-state index in [1.807, 2.05) is 13.8 Å². The zero-order chi connectivity index (χ0) is 19.8. The molecule has 0 aliphatic heterocycles. The highest BCUT2D eigenvalue weighted by Crippen LogP contribution is 2.22. The fourth-order valence-electron chi connectivity index (χ4n) is 2.76. The molecular formula is C19H23N3O4S. The predicted molar refractivity (Wildman–Crippen MR) is 106 cm³/mol. The highest BCUT2D eigenvalue weighted by Gasteiger charge is 2.16. The third-order valence-electron chi connectivity index (χ3n) is 4.24. The summed E-state index contributed by atoms with van der Waals surface area (Å²) in [6.07, 6.45) is 0. The van der Waals surface area contributed by atoms with Crippen LogP contribution in [0.3, 0.4) is 0 Å². The maximum atomic E-state index is 12.6. The van der Waals surface area contributed by atoms with Crippen LogP contribution in [0.1, 0.15) is 13.8 Å². The highest BCUT2D eigenvalue weighted by atomic mass is 32.2. The molecule has 1 N–H and O–H groups in total. The number of rotatable bonds is 6.